The molecular weight excluding hydrogens is 424 g/mol. The minimum absolute atomic E-state index is 0.0237. The predicted octanol–water partition coefficient (Wildman–Crippen LogP) is 4.53. The number of benzene rings is 2. The molecule has 1 aliphatic rings. The lowest BCUT2D eigenvalue weighted by molar-refractivity contribution is -0.116. The summed E-state index contributed by atoms with van der Waals surface area (Å²) in [6.07, 6.45) is 5.83. The number of amides is 1. The number of ether oxygens (including phenoxy) is 1. The molecule has 0 unspecified atom stereocenters. The van der Waals surface area contributed by atoms with Crippen molar-refractivity contribution in [3.05, 3.63) is 53.1 Å². The van der Waals surface area contributed by atoms with Crippen molar-refractivity contribution in [2.45, 2.75) is 55.9 Å². The van der Waals surface area contributed by atoms with Gasteiger partial charge in [0.2, 0.25) is 15.9 Å². The summed E-state index contributed by atoms with van der Waals surface area (Å²) in [4.78, 5) is 12.6. The van der Waals surface area contributed by atoms with Crippen molar-refractivity contribution in [3.63, 3.8) is 0 Å². The Hall–Kier alpha value is -2.09. The SMILES string of the molecule is COc1ccc(Cl)cc1NC(=O)CCc1ccc(S(=O)(=O)NC2CCCCC2)cc1. The van der Waals surface area contributed by atoms with Crippen molar-refractivity contribution in [2.75, 3.05) is 12.4 Å². The zero-order chi connectivity index (χ0) is 21.6. The Kier molecular flexibility index (Phi) is 7.75. The Labute approximate surface area is 183 Å². The van der Waals surface area contributed by atoms with Crippen LogP contribution in [0.3, 0.4) is 0 Å². The molecule has 1 fully saturated rings. The summed E-state index contributed by atoms with van der Waals surface area (Å²) < 4.78 is 33.2. The highest BCUT2D eigenvalue weighted by molar-refractivity contribution is 7.89. The average molecular weight is 451 g/mol. The van der Waals surface area contributed by atoms with Gasteiger partial charge in [0.1, 0.15) is 5.75 Å². The van der Waals surface area contributed by atoms with Gasteiger partial charge in [0, 0.05) is 17.5 Å². The van der Waals surface area contributed by atoms with Crippen molar-refractivity contribution in [1.29, 1.82) is 0 Å². The second-order valence-electron chi connectivity index (χ2n) is 7.49. The summed E-state index contributed by atoms with van der Waals surface area (Å²) in [7, 11) is -1.99. The summed E-state index contributed by atoms with van der Waals surface area (Å²) in [6.45, 7) is 0. The number of aryl methyl sites for hydroxylation is 1. The largest absolute Gasteiger partial charge is 0.495 e. The highest BCUT2D eigenvalue weighted by atomic mass is 35.5. The molecule has 3 rings (SSSR count). The number of anilines is 1. The molecule has 162 valence electrons. The molecule has 2 aromatic carbocycles. The van der Waals surface area contributed by atoms with E-state index in [1.807, 2.05) is 0 Å². The minimum atomic E-state index is -3.52. The van der Waals surface area contributed by atoms with Gasteiger partial charge in [-0.05, 0) is 55.2 Å². The van der Waals surface area contributed by atoms with E-state index in [0.717, 1.165) is 31.2 Å². The zero-order valence-electron chi connectivity index (χ0n) is 17.0. The quantitative estimate of drug-likeness (QED) is 0.618. The van der Waals surface area contributed by atoms with Crippen molar-refractivity contribution in [3.8, 4) is 5.75 Å². The van der Waals surface area contributed by atoms with E-state index in [4.69, 9.17) is 16.3 Å². The van der Waals surface area contributed by atoms with Gasteiger partial charge in [-0.1, -0.05) is 43.0 Å². The van der Waals surface area contributed by atoms with Gasteiger partial charge in [0.15, 0.2) is 0 Å². The van der Waals surface area contributed by atoms with Gasteiger partial charge in [-0.2, -0.15) is 0 Å². The number of sulfonamides is 1. The molecule has 1 amide bonds. The van der Waals surface area contributed by atoms with E-state index in [-0.39, 0.29) is 23.3 Å². The van der Waals surface area contributed by atoms with Crippen LogP contribution < -0.4 is 14.8 Å². The van der Waals surface area contributed by atoms with Crippen molar-refractivity contribution < 1.29 is 17.9 Å². The number of halogens is 1. The smallest absolute Gasteiger partial charge is 0.240 e. The summed E-state index contributed by atoms with van der Waals surface area (Å²) in [5.41, 5.74) is 1.41. The van der Waals surface area contributed by atoms with E-state index in [1.54, 1.807) is 42.5 Å². The van der Waals surface area contributed by atoms with Crippen LogP contribution in [0.4, 0.5) is 5.69 Å². The van der Waals surface area contributed by atoms with E-state index in [2.05, 4.69) is 10.0 Å². The maximum Gasteiger partial charge on any atom is 0.240 e. The van der Waals surface area contributed by atoms with Crippen LogP contribution in [0.25, 0.3) is 0 Å². The van der Waals surface area contributed by atoms with E-state index in [1.165, 1.54) is 13.5 Å². The molecule has 0 heterocycles. The molecule has 6 nitrogen and oxygen atoms in total. The standard InChI is InChI=1S/C22H27ClN2O4S/c1-29-21-13-10-17(23)15-20(21)24-22(26)14-9-16-7-11-19(12-8-16)30(27,28)25-18-5-3-2-4-6-18/h7-8,10-13,15,18,25H,2-6,9,14H2,1H3,(H,24,26). The monoisotopic (exact) mass is 450 g/mol. The fraction of sp³-hybridized carbons (Fsp3) is 0.409. The predicted molar refractivity (Wildman–Crippen MR) is 119 cm³/mol. The number of methoxy groups -OCH3 is 1. The molecule has 0 spiro atoms. The van der Waals surface area contributed by atoms with Gasteiger partial charge in [0.05, 0.1) is 17.7 Å². The summed E-state index contributed by atoms with van der Waals surface area (Å²) >= 11 is 5.98. The Morgan fingerprint density at radius 1 is 1.10 bits per heavy atom. The second-order valence-corrected chi connectivity index (χ2v) is 9.64. The molecule has 0 atom stereocenters. The number of carbonyl (C=O) groups is 1. The van der Waals surface area contributed by atoms with Crippen LogP contribution >= 0.6 is 11.6 Å². The molecular formula is C22H27ClN2O4S. The number of hydrogen-bond donors (Lipinski definition) is 2. The van der Waals surface area contributed by atoms with E-state index >= 15 is 0 Å². The van der Waals surface area contributed by atoms with Crippen molar-refractivity contribution in [2.24, 2.45) is 0 Å². The normalized spacial score (nSPS) is 15.0. The molecule has 0 aliphatic heterocycles. The van der Waals surface area contributed by atoms with Crippen LogP contribution in [0.5, 0.6) is 5.75 Å². The highest BCUT2D eigenvalue weighted by Crippen LogP contribution is 2.28. The molecule has 1 aliphatic carbocycles. The number of carbonyl (C=O) groups excluding carboxylic acids is 1. The average Bonchev–Trinajstić information content (AvgIpc) is 2.73. The molecule has 2 aromatic rings. The van der Waals surface area contributed by atoms with E-state index in [0.29, 0.717) is 22.9 Å². The van der Waals surface area contributed by atoms with Crippen molar-refractivity contribution >= 4 is 33.2 Å². The lowest BCUT2D eigenvalue weighted by atomic mass is 9.96. The lowest BCUT2D eigenvalue weighted by Crippen LogP contribution is -2.36. The maximum atomic E-state index is 12.6. The summed E-state index contributed by atoms with van der Waals surface area (Å²) in [5, 5.41) is 3.30. The Bertz CT molecular complexity index is 971. The van der Waals surface area contributed by atoms with Crippen LogP contribution in [-0.4, -0.2) is 27.5 Å². The number of hydrogen-bond acceptors (Lipinski definition) is 4. The van der Waals surface area contributed by atoms with Crippen LogP contribution in [0.15, 0.2) is 47.4 Å². The van der Waals surface area contributed by atoms with Gasteiger partial charge in [-0.25, -0.2) is 13.1 Å². The zero-order valence-corrected chi connectivity index (χ0v) is 18.6. The van der Waals surface area contributed by atoms with Crippen molar-refractivity contribution in [1.82, 2.24) is 4.72 Å². The molecule has 0 saturated heterocycles. The first kappa shape index (κ1) is 22.6. The number of rotatable bonds is 8. The molecule has 2 N–H and O–H groups in total. The fourth-order valence-electron chi connectivity index (χ4n) is 3.59. The number of nitrogens with one attached hydrogen (secondary N) is 2. The second kappa shape index (κ2) is 10.3. The summed E-state index contributed by atoms with van der Waals surface area (Å²) in [5.74, 6) is 0.360. The third-order valence-electron chi connectivity index (χ3n) is 5.24. The highest BCUT2D eigenvalue weighted by Gasteiger charge is 2.21. The maximum absolute atomic E-state index is 12.6. The van der Waals surface area contributed by atoms with Gasteiger partial charge in [-0.3, -0.25) is 4.79 Å². The van der Waals surface area contributed by atoms with Gasteiger partial charge in [0.25, 0.3) is 0 Å². The molecule has 0 radical (unpaired) electrons. The first-order valence-electron chi connectivity index (χ1n) is 10.1. The Balaban J connectivity index is 1.55. The first-order valence-corrected chi connectivity index (χ1v) is 12.0. The topological polar surface area (TPSA) is 84.5 Å². The molecule has 1 saturated carbocycles. The molecule has 0 bridgehead atoms. The van der Waals surface area contributed by atoms with Crippen LogP contribution in [0.2, 0.25) is 5.02 Å². The molecule has 0 aromatic heterocycles. The first-order chi connectivity index (χ1) is 14.4. The van der Waals surface area contributed by atoms with Crippen LogP contribution in [-0.2, 0) is 21.2 Å². The Morgan fingerprint density at radius 3 is 2.47 bits per heavy atom. The van der Waals surface area contributed by atoms with Gasteiger partial charge in [-0.15, -0.1) is 0 Å². The van der Waals surface area contributed by atoms with Crippen LogP contribution in [0, 0.1) is 0 Å². The third kappa shape index (κ3) is 6.20. The third-order valence-corrected chi connectivity index (χ3v) is 7.01. The Morgan fingerprint density at radius 2 is 1.80 bits per heavy atom. The van der Waals surface area contributed by atoms with Gasteiger partial charge < -0.3 is 10.1 Å². The molecule has 8 heteroatoms. The summed E-state index contributed by atoms with van der Waals surface area (Å²) in [6, 6.07) is 11.7. The lowest BCUT2D eigenvalue weighted by Gasteiger charge is -2.22. The van der Waals surface area contributed by atoms with E-state index < -0.39 is 10.0 Å². The van der Waals surface area contributed by atoms with E-state index in [9.17, 15) is 13.2 Å². The van der Waals surface area contributed by atoms with Crippen LogP contribution in [0.1, 0.15) is 44.1 Å². The minimum Gasteiger partial charge on any atom is -0.495 e. The van der Waals surface area contributed by atoms with Gasteiger partial charge >= 0.3 is 0 Å². The fourth-order valence-corrected chi connectivity index (χ4v) is 5.07. The molecule has 30 heavy (non-hydrogen) atoms.